The van der Waals surface area contributed by atoms with E-state index in [0.717, 1.165) is 12.1 Å². The van der Waals surface area contributed by atoms with Crippen molar-refractivity contribution in [2.45, 2.75) is 19.5 Å². The fraction of sp³-hybridized carbons (Fsp3) is 0.300. The molecule has 3 rings (SSSR count). The number of hydrogen-bond acceptors (Lipinski definition) is 3. The molecule has 2 N–H and O–H groups in total. The minimum Gasteiger partial charge on any atom is -0.379 e. The van der Waals surface area contributed by atoms with Crippen LogP contribution in [0.15, 0.2) is 48.5 Å². The molecule has 8 heteroatoms. The van der Waals surface area contributed by atoms with E-state index in [4.69, 9.17) is 4.74 Å². The maximum Gasteiger partial charge on any atom is 0.416 e. The highest BCUT2D eigenvalue weighted by Crippen LogP contribution is 2.29. The van der Waals surface area contributed by atoms with Crippen LogP contribution >= 0.6 is 0 Å². The molecule has 2 aromatic rings. The summed E-state index contributed by atoms with van der Waals surface area (Å²) in [6.45, 7) is 2.31. The van der Waals surface area contributed by atoms with Crippen molar-refractivity contribution in [2.75, 3.05) is 13.2 Å². The molecule has 0 spiro atoms. The van der Waals surface area contributed by atoms with Crippen molar-refractivity contribution in [1.29, 1.82) is 0 Å². The highest BCUT2D eigenvalue weighted by Gasteiger charge is 2.41. The molecule has 1 saturated heterocycles. The summed E-state index contributed by atoms with van der Waals surface area (Å²) in [5.74, 6) is -0.841. The first-order chi connectivity index (χ1) is 13.2. The molecule has 0 radical (unpaired) electrons. The Balaban J connectivity index is 1.68. The van der Waals surface area contributed by atoms with Crippen molar-refractivity contribution < 1.29 is 27.5 Å². The van der Waals surface area contributed by atoms with Crippen LogP contribution in [0.3, 0.4) is 0 Å². The minimum atomic E-state index is -4.39. The van der Waals surface area contributed by atoms with Gasteiger partial charge in [0.1, 0.15) is 0 Å². The second-order valence-electron chi connectivity index (χ2n) is 6.99. The van der Waals surface area contributed by atoms with Crippen LogP contribution in [0.25, 0.3) is 0 Å². The third-order valence-corrected chi connectivity index (χ3v) is 4.62. The minimum absolute atomic E-state index is 0.279. The van der Waals surface area contributed by atoms with Gasteiger partial charge in [-0.25, -0.2) is 0 Å². The zero-order valence-corrected chi connectivity index (χ0v) is 15.1. The highest BCUT2D eigenvalue weighted by atomic mass is 19.4. The van der Waals surface area contributed by atoms with Gasteiger partial charge in [-0.1, -0.05) is 30.3 Å². The van der Waals surface area contributed by atoms with Gasteiger partial charge in [-0.2, -0.15) is 13.2 Å². The standard InChI is InChI=1S/C20H19F3N2O3/c1-19(11-28-12-19)18(27)25-24-17(26)16-5-3-2-4-14(16)10-13-6-8-15(9-7-13)20(21,22)23/h2-9H,10-12H2,1H3,(H,24,26)(H,25,27). The quantitative estimate of drug-likeness (QED) is 0.786. The SMILES string of the molecule is CC1(C(=O)NNC(=O)c2ccccc2Cc2ccc(C(F)(F)F)cc2)COC1. The monoisotopic (exact) mass is 392 g/mol. The molecule has 0 aliphatic carbocycles. The molecule has 1 heterocycles. The number of carbonyl (C=O) groups excluding carboxylic acids is 2. The average Bonchev–Trinajstić information content (AvgIpc) is 2.64. The van der Waals surface area contributed by atoms with Crippen molar-refractivity contribution in [3.05, 3.63) is 70.8 Å². The number of rotatable bonds is 4. The number of alkyl halides is 3. The van der Waals surface area contributed by atoms with E-state index in [1.807, 2.05) is 0 Å². The van der Waals surface area contributed by atoms with Gasteiger partial charge in [-0.15, -0.1) is 0 Å². The van der Waals surface area contributed by atoms with Crippen molar-refractivity contribution in [1.82, 2.24) is 10.9 Å². The lowest BCUT2D eigenvalue weighted by molar-refractivity contribution is -0.158. The summed E-state index contributed by atoms with van der Waals surface area (Å²) in [5.41, 5.74) is 5.00. The van der Waals surface area contributed by atoms with Gasteiger partial charge < -0.3 is 4.74 Å². The zero-order valence-electron chi connectivity index (χ0n) is 15.1. The number of hydrazine groups is 1. The van der Waals surface area contributed by atoms with E-state index >= 15 is 0 Å². The first kappa shape index (κ1) is 19.9. The Morgan fingerprint density at radius 3 is 2.25 bits per heavy atom. The van der Waals surface area contributed by atoms with Gasteiger partial charge >= 0.3 is 6.18 Å². The summed E-state index contributed by atoms with van der Waals surface area (Å²) in [7, 11) is 0. The first-order valence-electron chi connectivity index (χ1n) is 8.62. The summed E-state index contributed by atoms with van der Waals surface area (Å²) in [6, 6.07) is 11.5. The molecule has 0 aromatic heterocycles. The maximum atomic E-state index is 12.7. The van der Waals surface area contributed by atoms with Crippen LogP contribution in [0.5, 0.6) is 0 Å². The van der Waals surface area contributed by atoms with Crippen LogP contribution in [0.2, 0.25) is 0 Å². The van der Waals surface area contributed by atoms with E-state index in [1.165, 1.54) is 12.1 Å². The summed E-state index contributed by atoms with van der Waals surface area (Å²) in [4.78, 5) is 24.5. The first-order valence-corrected chi connectivity index (χ1v) is 8.62. The third-order valence-electron chi connectivity index (χ3n) is 4.62. The summed E-state index contributed by atoms with van der Waals surface area (Å²) in [5, 5.41) is 0. The van der Waals surface area contributed by atoms with Crippen molar-refractivity contribution >= 4 is 11.8 Å². The summed E-state index contributed by atoms with van der Waals surface area (Å²) < 4.78 is 43.1. The number of hydrogen-bond donors (Lipinski definition) is 2. The topological polar surface area (TPSA) is 67.4 Å². The number of nitrogens with one attached hydrogen (secondary N) is 2. The van der Waals surface area contributed by atoms with Gasteiger partial charge in [0.05, 0.1) is 24.2 Å². The Morgan fingerprint density at radius 1 is 1.04 bits per heavy atom. The molecule has 1 aliphatic rings. The molecule has 5 nitrogen and oxygen atoms in total. The van der Waals surface area contributed by atoms with Crippen molar-refractivity contribution in [3.63, 3.8) is 0 Å². The van der Waals surface area contributed by atoms with Gasteiger partial charge in [-0.05, 0) is 42.7 Å². The Labute approximate surface area is 159 Å². The predicted molar refractivity (Wildman–Crippen MR) is 95.2 cm³/mol. The number of carbonyl (C=O) groups is 2. The fourth-order valence-corrected chi connectivity index (χ4v) is 2.80. The molecular weight excluding hydrogens is 373 g/mol. The Bertz CT molecular complexity index is 875. The molecule has 2 aromatic carbocycles. The van der Waals surface area contributed by atoms with Gasteiger partial charge in [-0.3, -0.25) is 20.4 Å². The van der Waals surface area contributed by atoms with Gasteiger partial charge in [0.15, 0.2) is 0 Å². The molecule has 0 saturated carbocycles. The lowest BCUT2D eigenvalue weighted by Crippen LogP contribution is -2.56. The lowest BCUT2D eigenvalue weighted by atomic mass is 9.88. The summed E-state index contributed by atoms with van der Waals surface area (Å²) in [6.07, 6.45) is -4.11. The molecule has 0 atom stereocenters. The Hall–Kier alpha value is -2.87. The van der Waals surface area contributed by atoms with Crippen LogP contribution in [0.1, 0.15) is 34.0 Å². The van der Waals surface area contributed by atoms with Gasteiger partial charge in [0, 0.05) is 5.56 Å². The van der Waals surface area contributed by atoms with E-state index < -0.39 is 23.1 Å². The van der Waals surface area contributed by atoms with Gasteiger partial charge in [0.2, 0.25) is 5.91 Å². The van der Waals surface area contributed by atoms with Crippen LogP contribution in [-0.2, 0) is 22.1 Å². The number of ether oxygens (including phenoxy) is 1. The van der Waals surface area contributed by atoms with Crippen molar-refractivity contribution in [3.8, 4) is 0 Å². The van der Waals surface area contributed by atoms with Crippen LogP contribution < -0.4 is 10.9 Å². The number of halogens is 3. The van der Waals surface area contributed by atoms with Crippen molar-refractivity contribution in [2.24, 2.45) is 5.41 Å². The molecular formula is C20H19F3N2O3. The fourth-order valence-electron chi connectivity index (χ4n) is 2.80. The maximum absolute atomic E-state index is 12.7. The third kappa shape index (κ3) is 4.33. The molecule has 0 bridgehead atoms. The smallest absolute Gasteiger partial charge is 0.379 e. The van der Waals surface area contributed by atoms with Crippen LogP contribution in [-0.4, -0.2) is 25.0 Å². The predicted octanol–water partition coefficient (Wildman–Crippen LogP) is 3.09. The molecule has 1 fully saturated rings. The lowest BCUT2D eigenvalue weighted by Gasteiger charge is -2.36. The molecule has 0 unspecified atom stereocenters. The number of benzene rings is 2. The zero-order chi connectivity index (χ0) is 20.4. The molecule has 2 amide bonds. The number of amides is 2. The van der Waals surface area contributed by atoms with Gasteiger partial charge in [0.25, 0.3) is 5.91 Å². The van der Waals surface area contributed by atoms with E-state index in [-0.39, 0.29) is 12.3 Å². The van der Waals surface area contributed by atoms with Crippen LogP contribution in [0, 0.1) is 5.41 Å². The largest absolute Gasteiger partial charge is 0.416 e. The van der Waals surface area contributed by atoms with E-state index in [9.17, 15) is 22.8 Å². The Morgan fingerprint density at radius 2 is 1.68 bits per heavy atom. The summed E-state index contributed by atoms with van der Waals surface area (Å²) >= 11 is 0. The van der Waals surface area contributed by atoms with E-state index in [1.54, 1.807) is 31.2 Å². The second-order valence-corrected chi connectivity index (χ2v) is 6.99. The van der Waals surface area contributed by atoms with E-state index in [2.05, 4.69) is 10.9 Å². The molecule has 148 valence electrons. The normalized spacial score (nSPS) is 15.4. The highest BCUT2D eigenvalue weighted by molar-refractivity contribution is 5.97. The Kier molecular flexibility index (Phi) is 5.42. The molecule has 28 heavy (non-hydrogen) atoms. The average molecular weight is 392 g/mol. The second kappa shape index (κ2) is 7.63. The van der Waals surface area contributed by atoms with E-state index in [0.29, 0.717) is 29.9 Å². The molecule has 1 aliphatic heterocycles. The van der Waals surface area contributed by atoms with Crippen LogP contribution in [0.4, 0.5) is 13.2 Å².